The molecule has 0 radical (unpaired) electrons. The second-order valence-electron chi connectivity index (χ2n) is 13.7. The maximum absolute atomic E-state index is 11.4. The molecule has 1 aliphatic carbocycles. The number of ether oxygens (including phenoxy) is 4. The third kappa shape index (κ3) is 6.96. The monoisotopic (exact) mass is 812 g/mol. The molecule has 0 bridgehead atoms. The standard InChI is InChI=1S/C49H36N2O6S2/c1-3-43(52)56-29-27-54-33-23-19-31(20-24-33)47-50-41-17-9-15-39(45(41)58-47)49(37-13-7-5-11-35(37)36-12-6-8-14-38(36)49)40-16-10-18-42-46(40)59-48(51-42)32-21-25-34(26-22-32)55-28-30-57-44(53)4-2/h3-26H,1-2,27-30H2. The number of benzene rings is 6. The third-order valence-electron chi connectivity index (χ3n) is 10.3. The number of aromatic nitrogens is 2. The van der Waals surface area contributed by atoms with Crippen molar-refractivity contribution in [3.8, 4) is 43.8 Å². The summed E-state index contributed by atoms with van der Waals surface area (Å²) in [4.78, 5) is 33.2. The van der Waals surface area contributed by atoms with Gasteiger partial charge in [-0.2, -0.15) is 0 Å². The van der Waals surface area contributed by atoms with Gasteiger partial charge < -0.3 is 18.9 Å². The third-order valence-corrected chi connectivity index (χ3v) is 12.6. The molecule has 0 spiro atoms. The molecule has 0 saturated carbocycles. The molecule has 59 heavy (non-hydrogen) atoms. The number of rotatable bonds is 14. The van der Waals surface area contributed by atoms with Crippen molar-refractivity contribution >= 4 is 55.0 Å². The first-order valence-corrected chi connectivity index (χ1v) is 20.7. The molecule has 0 N–H and O–H groups in total. The van der Waals surface area contributed by atoms with E-state index in [1.165, 1.54) is 22.3 Å². The molecule has 0 amide bonds. The van der Waals surface area contributed by atoms with E-state index in [0.717, 1.165) is 64.9 Å². The minimum atomic E-state index is -0.681. The fourth-order valence-corrected chi connectivity index (χ4v) is 10.1. The molecule has 2 heterocycles. The Morgan fingerprint density at radius 1 is 0.508 bits per heavy atom. The number of hydrogen-bond donors (Lipinski definition) is 0. The van der Waals surface area contributed by atoms with Crippen LogP contribution < -0.4 is 9.47 Å². The zero-order valence-corrected chi connectivity index (χ0v) is 33.4. The summed E-state index contributed by atoms with van der Waals surface area (Å²) in [6.45, 7) is 7.59. The minimum Gasteiger partial charge on any atom is -0.490 e. The van der Waals surface area contributed by atoms with Crippen molar-refractivity contribution in [3.05, 3.63) is 181 Å². The predicted molar refractivity (Wildman–Crippen MR) is 234 cm³/mol. The van der Waals surface area contributed by atoms with Crippen LogP contribution in [0.15, 0.2) is 159 Å². The summed E-state index contributed by atoms with van der Waals surface area (Å²) in [5.41, 5.74) is 10.3. The van der Waals surface area contributed by atoms with Crippen LogP contribution in [-0.4, -0.2) is 48.3 Å². The van der Waals surface area contributed by atoms with Crippen LogP contribution in [0, 0.1) is 0 Å². The van der Waals surface area contributed by atoms with Crippen LogP contribution in [0.4, 0.5) is 0 Å². The molecule has 10 heteroatoms. The van der Waals surface area contributed by atoms with E-state index in [0.29, 0.717) is 11.5 Å². The van der Waals surface area contributed by atoms with Gasteiger partial charge in [-0.15, -0.1) is 22.7 Å². The van der Waals surface area contributed by atoms with Crippen molar-refractivity contribution < 1.29 is 28.5 Å². The lowest BCUT2D eigenvalue weighted by Crippen LogP contribution is -2.28. The SMILES string of the molecule is C=CC(=O)OCCOc1ccc(-c2nc3cccc(C4(c5cccc6nc(-c7ccc(OCCOC(=O)C=C)cc7)sc56)c5ccccc5-c5ccccc54)c3s2)cc1. The van der Waals surface area contributed by atoms with E-state index in [9.17, 15) is 9.59 Å². The van der Waals surface area contributed by atoms with Gasteiger partial charge in [-0.1, -0.05) is 86.0 Å². The largest absolute Gasteiger partial charge is 0.490 e. The van der Waals surface area contributed by atoms with Crippen molar-refractivity contribution in [2.45, 2.75) is 5.41 Å². The molecule has 290 valence electrons. The molecule has 9 rings (SSSR count). The molecular weight excluding hydrogens is 777 g/mol. The van der Waals surface area contributed by atoms with E-state index in [2.05, 4.69) is 98.1 Å². The van der Waals surface area contributed by atoms with Crippen molar-refractivity contribution in [3.63, 3.8) is 0 Å². The van der Waals surface area contributed by atoms with Crippen LogP contribution in [0.2, 0.25) is 0 Å². The molecule has 1 aliphatic rings. The van der Waals surface area contributed by atoms with Gasteiger partial charge in [-0.25, -0.2) is 19.6 Å². The molecule has 6 aromatic carbocycles. The van der Waals surface area contributed by atoms with Gasteiger partial charge in [0.2, 0.25) is 0 Å². The fourth-order valence-electron chi connectivity index (χ4n) is 7.80. The Labute approximate surface area is 348 Å². The van der Waals surface area contributed by atoms with E-state index in [1.807, 2.05) is 48.5 Å². The van der Waals surface area contributed by atoms with E-state index < -0.39 is 17.4 Å². The summed E-state index contributed by atoms with van der Waals surface area (Å²) in [7, 11) is 0. The molecule has 0 atom stereocenters. The minimum absolute atomic E-state index is 0.138. The summed E-state index contributed by atoms with van der Waals surface area (Å²) in [6, 6.07) is 46.1. The average molecular weight is 813 g/mol. The van der Waals surface area contributed by atoms with Crippen molar-refractivity contribution in [2.24, 2.45) is 0 Å². The molecule has 0 fully saturated rings. The highest BCUT2D eigenvalue weighted by molar-refractivity contribution is 7.22. The number of thiazole rings is 2. The van der Waals surface area contributed by atoms with Crippen LogP contribution in [0.1, 0.15) is 22.3 Å². The van der Waals surface area contributed by atoms with Gasteiger partial charge in [0.25, 0.3) is 0 Å². The van der Waals surface area contributed by atoms with Gasteiger partial charge in [0.05, 0.1) is 25.8 Å². The Morgan fingerprint density at radius 3 is 1.34 bits per heavy atom. The molecule has 0 aliphatic heterocycles. The molecule has 2 aromatic heterocycles. The Morgan fingerprint density at radius 2 is 0.915 bits per heavy atom. The van der Waals surface area contributed by atoms with Gasteiger partial charge in [-0.05, 0) is 94.0 Å². The van der Waals surface area contributed by atoms with Crippen molar-refractivity contribution in [1.82, 2.24) is 9.97 Å². The van der Waals surface area contributed by atoms with E-state index in [-0.39, 0.29) is 26.4 Å². The summed E-state index contributed by atoms with van der Waals surface area (Å²) in [5.74, 6) is 0.398. The highest BCUT2D eigenvalue weighted by atomic mass is 32.1. The highest BCUT2D eigenvalue weighted by Crippen LogP contribution is 2.59. The number of nitrogens with zero attached hydrogens (tertiary/aromatic N) is 2. The number of hydrogen-bond acceptors (Lipinski definition) is 10. The Hall–Kier alpha value is -6.88. The molecule has 8 nitrogen and oxygen atoms in total. The molecule has 0 unspecified atom stereocenters. The van der Waals surface area contributed by atoms with Gasteiger partial charge in [0.15, 0.2) is 0 Å². The highest BCUT2D eigenvalue weighted by Gasteiger charge is 2.48. The fraction of sp³-hybridized carbons (Fsp3) is 0.102. The smallest absolute Gasteiger partial charge is 0.330 e. The second-order valence-corrected chi connectivity index (χ2v) is 15.7. The Kier molecular flexibility index (Phi) is 10.3. The molecule has 0 saturated heterocycles. The normalized spacial score (nSPS) is 12.4. The van der Waals surface area contributed by atoms with Gasteiger partial charge >= 0.3 is 11.9 Å². The second kappa shape index (κ2) is 16.2. The number of fused-ring (bicyclic) bond motifs is 5. The maximum atomic E-state index is 11.4. The number of carbonyl (C=O) groups excluding carboxylic acids is 2. The van der Waals surface area contributed by atoms with Crippen molar-refractivity contribution in [1.29, 1.82) is 0 Å². The molecule has 8 aromatic rings. The first-order chi connectivity index (χ1) is 29.0. The van der Waals surface area contributed by atoms with E-state index >= 15 is 0 Å². The average Bonchev–Trinajstić information content (AvgIpc) is 4.00. The lowest BCUT2D eigenvalue weighted by molar-refractivity contribution is -0.139. The van der Waals surface area contributed by atoms with E-state index in [1.54, 1.807) is 22.7 Å². The zero-order valence-electron chi connectivity index (χ0n) is 31.8. The zero-order chi connectivity index (χ0) is 40.3. The summed E-state index contributed by atoms with van der Waals surface area (Å²) in [5, 5.41) is 1.80. The van der Waals surface area contributed by atoms with Crippen LogP contribution >= 0.6 is 22.7 Å². The van der Waals surface area contributed by atoms with E-state index in [4.69, 9.17) is 28.9 Å². The summed E-state index contributed by atoms with van der Waals surface area (Å²) < 4.78 is 23.9. The topological polar surface area (TPSA) is 96.8 Å². The predicted octanol–water partition coefficient (Wildman–Crippen LogP) is 10.8. The first kappa shape index (κ1) is 37.7. The van der Waals surface area contributed by atoms with Crippen LogP contribution in [0.25, 0.3) is 52.7 Å². The first-order valence-electron chi connectivity index (χ1n) is 19.0. The van der Waals surface area contributed by atoms with Gasteiger partial charge in [0, 0.05) is 23.3 Å². The number of esters is 2. The van der Waals surface area contributed by atoms with Crippen LogP contribution in [0.3, 0.4) is 0 Å². The lowest BCUT2D eigenvalue weighted by Gasteiger charge is -2.34. The Bertz CT molecular complexity index is 2680. The van der Waals surface area contributed by atoms with Crippen LogP contribution in [-0.2, 0) is 24.5 Å². The maximum Gasteiger partial charge on any atom is 0.330 e. The number of carbonyl (C=O) groups is 2. The van der Waals surface area contributed by atoms with Gasteiger partial charge in [0.1, 0.15) is 47.9 Å². The summed E-state index contributed by atoms with van der Waals surface area (Å²) >= 11 is 3.37. The van der Waals surface area contributed by atoms with Crippen LogP contribution in [0.5, 0.6) is 11.5 Å². The summed E-state index contributed by atoms with van der Waals surface area (Å²) in [6.07, 6.45) is 2.27. The molecular formula is C49H36N2O6S2. The quantitative estimate of drug-likeness (QED) is 0.0608. The Balaban J connectivity index is 1.13. The van der Waals surface area contributed by atoms with Gasteiger partial charge in [-0.3, -0.25) is 0 Å². The lowest BCUT2D eigenvalue weighted by atomic mass is 9.67. The van der Waals surface area contributed by atoms with Crippen molar-refractivity contribution in [2.75, 3.05) is 26.4 Å².